The number of hydrogen-bond acceptors (Lipinski definition) is 2. The third-order valence-electron chi connectivity index (χ3n) is 4.24. The van der Waals surface area contributed by atoms with Crippen molar-refractivity contribution < 1.29 is 4.79 Å². The molecule has 118 valence electrons. The Morgan fingerprint density at radius 1 is 1.23 bits per heavy atom. The highest BCUT2D eigenvalue weighted by Gasteiger charge is 2.16. The molecule has 0 fully saturated rings. The molecule has 0 aliphatic rings. The number of carbonyl (C=O) groups excluding carboxylic acids is 1. The first-order valence-corrected chi connectivity index (χ1v) is 7.69. The van der Waals surface area contributed by atoms with Crippen LogP contribution >= 0.6 is 0 Å². The zero-order valence-corrected chi connectivity index (χ0v) is 14.3. The van der Waals surface area contributed by atoms with Crippen molar-refractivity contribution in [3.63, 3.8) is 0 Å². The van der Waals surface area contributed by atoms with E-state index in [0.717, 1.165) is 22.6 Å². The van der Waals surface area contributed by atoms with Crippen molar-refractivity contribution in [3.05, 3.63) is 46.3 Å². The first-order valence-electron chi connectivity index (χ1n) is 7.69. The van der Waals surface area contributed by atoms with Crippen molar-refractivity contribution in [2.24, 2.45) is 0 Å². The summed E-state index contributed by atoms with van der Waals surface area (Å²) in [6.45, 7) is 12.2. The lowest BCUT2D eigenvalue weighted by Gasteiger charge is -2.15. The number of aryl methyl sites for hydroxylation is 3. The summed E-state index contributed by atoms with van der Waals surface area (Å²) < 4.78 is 1.95. The zero-order chi connectivity index (χ0) is 16.4. The predicted molar refractivity (Wildman–Crippen MR) is 90.3 cm³/mol. The van der Waals surface area contributed by atoms with Crippen molar-refractivity contribution in [2.75, 3.05) is 5.32 Å². The van der Waals surface area contributed by atoms with Gasteiger partial charge in [0, 0.05) is 17.8 Å². The molecule has 0 bridgehead atoms. The van der Waals surface area contributed by atoms with E-state index in [1.165, 1.54) is 11.1 Å². The van der Waals surface area contributed by atoms with Gasteiger partial charge in [-0.3, -0.25) is 9.48 Å². The average Bonchev–Trinajstić information content (AvgIpc) is 2.70. The SMILES string of the molecule is Cc1ccc(NC(=O)C[C@@H](C)n2nc(C)c(C)c2C)c(C)c1. The summed E-state index contributed by atoms with van der Waals surface area (Å²) in [7, 11) is 0. The molecule has 2 rings (SSSR count). The summed E-state index contributed by atoms with van der Waals surface area (Å²) in [4.78, 5) is 12.3. The number of rotatable bonds is 4. The number of nitrogens with zero attached hydrogens (tertiary/aromatic N) is 2. The fourth-order valence-corrected chi connectivity index (χ4v) is 2.68. The molecule has 0 aliphatic carbocycles. The highest BCUT2D eigenvalue weighted by atomic mass is 16.1. The van der Waals surface area contributed by atoms with Gasteiger partial charge in [-0.05, 0) is 58.7 Å². The Balaban J connectivity index is 2.06. The molecule has 1 atom stereocenters. The van der Waals surface area contributed by atoms with Gasteiger partial charge in [0.1, 0.15) is 0 Å². The van der Waals surface area contributed by atoms with Crippen LogP contribution in [0.4, 0.5) is 5.69 Å². The molecule has 1 N–H and O–H groups in total. The fraction of sp³-hybridized carbons (Fsp3) is 0.444. The van der Waals surface area contributed by atoms with Gasteiger partial charge in [-0.15, -0.1) is 0 Å². The van der Waals surface area contributed by atoms with E-state index in [9.17, 15) is 4.79 Å². The van der Waals surface area contributed by atoms with Crippen LogP contribution in [0.15, 0.2) is 18.2 Å². The van der Waals surface area contributed by atoms with E-state index in [4.69, 9.17) is 0 Å². The number of aromatic nitrogens is 2. The van der Waals surface area contributed by atoms with Gasteiger partial charge in [0.2, 0.25) is 5.91 Å². The Kier molecular flexibility index (Phi) is 4.69. The lowest BCUT2D eigenvalue weighted by molar-refractivity contribution is -0.116. The highest BCUT2D eigenvalue weighted by molar-refractivity contribution is 5.91. The van der Waals surface area contributed by atoms with Crippen LogP contribution in [0.1, 0.15) is 47.5 Å². The number of carbonyl (C=O) groups is 1. The summed E-state index contributed by atoms with van der Waals surface area (Å²) >= 11 is 0. The van der Waals surface area contributed by atoms with Crippen LogP contribution in [0.5, 0.6) is 0 Å². The largest absolute Gasteiger partial charge is 0.326 e. The van der Waals surface area contributed by atoms with Gasteiger partial charge in [0.15, 0.2) is 0 Å². The first-order chi connectivity index (χ1) is 10.3. The van der Waals surface area contributed by atoms with E-state index < -0.39 is 0 Å². The predicted octanol–water partition coefficient (Wildman–Crippen LogP) is 4.02. The number of hydrogen-bond donors (Lipinski definition) is 1. The van der Waals surface area contributed by atoms with Crippen LogP contribution in [-0.4, -0.2) is 15.7 Å². The molecule has 4 heteroatoms. The number of nitrogens with one attached hydrogen (secondary N) is 1. The lowest BCUT2D eigenvalue weighted by atomic mass is 10.1. The second-order valence-corrected chi connectivity index (χ2v) is 6.16. The van der Waals surface area contributed by atoms with Gasteiger partial charge in [0.05, 0.1) is 11.7 Å². The Labute approximate surface area is 132 Å². The summed E-state index contributed by atoms with van der Waals surface area (Å²) in [5, 5.41) is 7.53. The molecule has 0 saturated heterocycles. The van der Waals surface area contributed by atoms with E-state index in [2.05, 4.69) is 23.4 Å². The van der Waals surface area contributed by atoms with Crippen molar-refractivity contribution in [1.29, 1.82) is 0 Å². The van der Waals surface area contributed by atoms with Crippen LogP contribution in [-0.2, 0) is 4.79 Å². The maximum absolute atomic E-state index is 12.3. The molecule has 4 nitrogen and oxygen atoms in total. The van der Waals surface area contributed by atoms with Crippen molar-refractivity contribution in [3.8, 4) is 0 Å². The maximum atomic E-state index is 12.3. The first kappa shape index (κ1) is 16.3. The molecule has 0 aliphatic heterocycles. The van der Waals surface area contributed by atoms with Crippen molar-refractivity contribution >= 4 is 11.6 Å². The van der Waals surface area contributed by atoms with Gasteiger partial charge in [-0.1, -0.05) is 17.7 Å². The number of amides is 1. The molecule has 0 saturated carbocycles. The molecular formula is C18H25N3O. The van der Waals surface area contributed by atoms with Crippen molar-refractivity contribution in [1.82, 2.24) is 9.78 Å². The van der Waals surface area contributed by atoms with Gasteiger partial charge < -0.3 is 5.32 Å². The summed E-state index contributed by atoms with van der Waals surface area (Å²) in [5.41, 5.74) is 6.52. The highest BCUT2D eigenvalue weighted by Crippen LogP contribution is 2.20. The molecule has 2 aromatic rings. The Morgan fingerprint density at radius 2 is 1.91 bits per heavy atom. The monoisotopic (exact) mass is 299 g/mol. The maximum Gasteiger partial charge on any atom is 0.226 e. The summed E-state index contributed by atoms with van der Waals surface area (Å²) in [6.07, 6.45) is 0.411. The van der Waals surface area contributed by atoms with Gasteiger partial charge >= 0.3 is 0 Å². The molecular weight excluding hydrogens is 274 g/mol. The normalized spacial score (nSPS) is 12.3. The zero-order valence-electron chi connectivity index (χ0n) is 14.3. The molecule has 0 radical (unpaired) electrons. The molecule has 1 amide bonds. The lowest BCUT2D eigenvalue weighted by Crippen LogP contribution is -2.19. The third kappa shape index (κ3) is 3.38. The van der Waals surface area contributed by atoms with Gasteiger partial charge in [-0.25, -0.2) is 0 Å². The Morgan fingerprint density at radius 3 is 2.45 bits per heavy atom. The van der Waals surface area contributed by atoms with E-state index in [-0.39, 0.29) is 11.9 Å². The minimum atomic E-state index is 0.0182. The average molecular weight is 299 g/mol. The van der Waals surface area contributed by atoms with Crippen molar-refractivity contribution in [2.45, 2.75) is 54.0 Å². The van der Waals surface area contributed by atoms with Crippen LogP contribution in [0.25, 0.3) is 0 Å². The molecule has 0 unspecified atom stereocenters. The molecule has 0 spiro atoms. The van der Waals surface area contributed by atoms with Crippen LogP contribution in [0, 0.1) is 34.6 Å². The van der Waals surface area contributed by atoms with Crippen LogP contribution in [0.3, 0.4) is 0 Å². The van der Waals surface area contributed by atoms with Crippen LogP contribution in [0.2, 0.25) is 0 Å². The van der Waals surface area contributed by atoms with E-state index in [0.29, 0.717) is 6.42 Å². The second kappa shape index (κ2) is 6.34. The van der Waals surface area contributed by atoms with E-state index in [1.807, 2.05) is 51.4 Å². The fourth-order valence-electron chi connectivity index (χ4n) is 2.68. The van der Waals surface area contributed by atoms with Gasteiger partial charge in [0.25, 0.3) is 0 Å². The second-order valence-electron chi connectivity index (χ2n) is 6.16. The summed E-state index contributed by atoms with van der Waals surface area (Å²) in [6, 6.07) is 6.08. The molecule has 1 aromatic carbocycles. The third-order valence-corrected chi connectivity index (χ3v) is 4.24. The smallest absolute Gasteiger partial charge is 0.226 e. The minimum Gasteiger partial charge on any atom is -0.326 e. The molecule has 1 aromatic heterocycles. The molecule has 1 heterocycles. The van der Waals surface area contributed by atoms with E-state index >= 15 is 0 Å². The molecule has 22 heavy (non-hydrogen) atoms. The van der Waals surface area contributed by atoms with Crippen LogP contribution < -0.4 is 5.32 Å². The summed E-state index contributed by atoms with van der Waals surface area (Å²) in [5.74, 6) is 0.0182. The standard InChI is InChI=1S/C18H25N3O/c1-11-7-8-17(12(2)9-11)19-18(22)10-13(3)21-16(6)14(4)15(5)20-21/h7-9,13H,10H2,1-6H3,(H,19,22)/t13-/m1/s1. The van der Waals surface area contributed by atoms with Gasteiger partial charge in [-0.2, -0.15) is 5.10 Å². The number of benzene rings is 1. The number of anilines is 1. The Hall–Kier alpha value is -2.10. The van der Waals surface area contributed by atoms with E-state index in [1.54, 1.807) is 0 Å². The topological polar surface area (TPSA) is 46.9 Å². The quantitative estimate of drug-likeness (QED) is 0.927. The Bertz CT molecular complexity index is 701. The minimum absolute atomic E-state index is 0.0182.